The maximum atomic E-state index is 12.5. The molecule has 0 bridgehead atoms. The number of hydrogen-bond acceptors (Lipinski definition) is 4. The fourth-order valence-corrected chi connectivity index (χ4v) is 3.36. The number of likely N-dealkylation sites (N-methyl/N-ethyl adjacent to an activating group) is 1. The summed E-state index contributed by atoms with van der Waals surface area (Å²) in [5, 5.41) is 9.36. The van der Waals surface area contributed by atoms with Gasteiger partial charge in [-0.05, 0) is 12.5 Å². The molecule has 0 unspecified atom stereocenters. The molecule has 2 heterocycles. The van der Waals surface area contributed by atoms with Crippen molar-refractivity contribution in [2.45, 2.75) is 25.6 Å². The van der Waals surface area contributed by atoms with Crippen LogP contribution in [0, 0.1) is 6.92 Å². The van der Waals surface area contributed by atoms with E-state index in [9.17, 15) is 14.7 Å². The van der Waals surface area contributed by atoms with Gasteiger partial charge in [0.05, 0.1) is 6.61 Å². The Kier molecular flexibility index (Phi) is 4.37. The van der Waals surface area contributed by atoms with Crippen LogP contribution in [0.4, 0.5) is 0 Å². The third kappa shape index (κ3) is 2.96. The third-order valence-corrected chi connectivity index (χ3v) is 4.83. The highest BCUT2D eigenvalue weighted by molar-refractivity contribution is 5.97. The van der Waals surface area contributed by atoms with Gasteiger partial charge in [0.2, 0.25) is 11.8 Å². The average Bonchev–Trinajstić information content (AvgIpc) is 2.55. The van der Waals surface area contributed by atoms with Gasteiger partial charge in [0.1, 0.15) is 12.1 Å². The predicted molar refractivity (Wildman–Crippen MR) is 85.6 cm³/mol. The van der Waals surface area contributed by atoms with Crippen LogP contribution in [0.2, 0.25) is 0 Å². The molecule has 0 radical (unpaired) electrons. The maximum absolute atomic E-state index is 12.5. The van der Waals surface area contributed by atoms with Gasteiger partial charge in [-0.3, -0.25) is 14.5 Å². The number of amides is 2. The number of benzene rings is 1. The van der Waals surface area contributed by atoms with Crippen molar-refractivity contribution in [1.82, 2.24) is 14.7 Å². The Bertz CT molecular complexity index is 602. The van der Waals surface area contributed by atoms with Crippen molar-refractivity contribution < 1.29 is 14.7 Å². The number of piperazine rings is 2. The van der Waals surface area contributed by atoms with Gasteiger partial charge >= 0.3 is 0 Å². The highest BCUT2D eigenvalue weighted by Crippen LogP contribution is 2.22. The highest BCUT2D eigenvalue weighted by atomic mass is 16.3. The molecular weight excluding hydrogens is 294 g/mol. The van der Waals surface area contributed by atoms with Gasteiger partial charge in [0, 0.05) is 33.2 Å². The van der Waals surface area contributed by atoms with E-state index < -0.39 is 12.1 Å². The van der Waals surface area contributed by atoms with Gasteiger partial charge in [0.25, 0.3) is 0 Å². The average molecular weight is 317 g/mol. The Balaban J connectivity index is 1.71. The molecule has 6 nitrogen and oxygen atoms in total. The maximum Gasteiger partial charge on any atom is 0.248 e. The van der Waals surface area contributed by atoms with E-state index in [4.69, 9.17) is 0 Å². The van der Waals surface area contributed by atoms with E-state index in [1.807, 2.05) is 0 Å². The van der Waals surface area contributed by atoms with Crippen molar-refractivity contribution in [3.8, 4) is 0 Å². The van der Waals surface area contributed by atoms with E-state index in [1.165, 1.54) is 16.0 Å². The molecule has 1 N–H and O–H groups in total. The first kappa shape index (κ1) is 16.0. The summed E-state index contributed by atoms with van der Waals surface area (Å²) in [5.41, 5.74) is 2.43. The minimum Gasteiger partial charge on any atom is -0.394 e. The van der Waals surface area contributed by atoms with Crippen LogP contribution in [0.25, 0.3) is 0 Å². The van der Waals surface area contributed by atoms with Crippen LogP contribution < -0.4 is 0 Å². The number of fused-ring (bicyclic) bond motifs is 1. The molecule has 23 heavy (non-hydrogen) atoms. The zero-order chi connectivity index (χ0) is 16.6. The molecule has 2 fully saturated rings. The van der Waals surface area contributed by atoms with E-state index in [2.05, 4.69) is 36.1 Å². The number of carbonyl (C=O) groups is 2. The van der Waals surface area contributed by atoms with Crippen LogP contribution in [-0.4, -0.2) is 77.0 Å². The Labute approximate surface area is 136 Å². The van der Waals surface area contributed by atoms with E-state index in [0.29, 0.717) is 13.1 Å². The first-order valence-corrected chi connectivity index (χ1v) is 7.97. The number of aliphatic hydroxyl groups excluding tert-OH is 1. The van der Waals surface area contributed by atoms with E-state index in [0.717, 1.165) is 13.1 Å². The zero-order valence-corrected chi connectivity index (χ0v) is 13.6. The molecule has 0 spiro atoms. The lowest BCUT2D eigenvalue weighted by Crippen LogP contribution is -2.69. The molecule has 3 rings (SSSR count). The molecule has 6 heteroatoms. The van der Waals surface area contributed by atoms with Crippen LogP contribution in [-0.2, 0) is 16.1 Å². The fourth-order valence-electron chi connectivity index (χ4n) is 3.36. The molecule has 2 saturated heterocycles. The molecule has 2 aliphatic rings. The summed E-state index contributed by atoms with van der Waals surface area (Å²) in [6.45, 7) is 4.33. The number of aryl methyl sites for hydroxylation is 1. The van der Waals surface area contributed by atoms with E-state index >= 15 is 0 Å². The molecule has 1 aromatic rings. The van der Waals surface area contributed by atoms with Crippen LogP contribution in [0.5, 0.6) is 0 Å². The molecular formula is C17H23N3O3. The van der Waals surface area contributed by atoms with Crippen molar-refractivity contribution in [1.29, 1.82) is 0 Å². The Morgan fingerprint density at radius 2 is 1.83 bits per heavy atom. The minimum atomic E-state index is -0.734. The van der Waals surface area contributed by atoms with E-state index in [-0.39, 0.29) is 18.4 Å². The standard InChI is InChI=1S/C17H23N3O3/c1-12-3-5-13(6-4-12)9-19-7-8-20-14(10-19)16(22)18(2)15(11-21)17(20)23/h3-6,14-15,21H,7-11H2,1-2H3/t14-,15+/m1/s1. The topological polar surface area (TPSA) is 64.1 Å². The van der Waals surface area contributed by atoms with Crippen molar-refractivity contribution in [2.75, 3.05) is 33.3 Å². The van der Waals surface area contributed by atoms with Crippen LogP contribution in [0.1, 0.15) is 11.1 Å². The second-order valence-corrected chi connectivity index (χ2v) is 6.42. The van der Waals surface area contributed by atoms with Gasteiger partial charge < -0.3 is 14.9 Å². The van der Waals surface area contributed by atoms with Crippen molar-refractivity contribution in [3.05, 3.63) is 35.4 Å². The smallest absolute Gasteiger partial charge is 0.248 e. The molecule has 2 atom stereocenters. The quantitative estimate of drug-likeness (QED) is 0.841. The van der Waals surface area contributed by atoms with Crippen LogP contribution in [0.3, 0.4) is 0 Å². The fraction of sp³-hybridized carbons (Fsp3) is 0.529. The molecule has 2 aliphatic heterocycles. The lowest BCUT2D eigenvalue weighted by Gasteiger charge is -2.48. The Morgan fingerprint density at radius 1 is 1.13 bits per heavy atom. The molecule has 124 valence electrons. The Morgan fingerprint density at radius 3 is 2.48 bits per heavy atom. The molecule has 0 aliphatic carbocycles. The number of aliphatic hydroxyl groups is 1. The molecule has 1 aromatic carbocycles. The van der Waals surface area contributed by atoms with Crippen molar-refractivity contribution in [2.24, 2.45) is 0 Å². The van der Waals surface area contributed by atoms with E-state index in [1.54, 1.807) is 11.9 Å². The highest BCUT2D eigenvalue weighted by Gasteiger charge is 2.46. The summed E-state index contributed by atoms with van der Waals surface area (Å²) < 4.78 is 0. The van der Waals surface area contributed by atoms with Crippen LogP contribution in [0.15, 0.2) is 24.3 Å². The van der Waals surface area contributed by atoms with Gasteiger partial charge in [-0.2, -0.15) is 0 Å². The monoisotopic (exact) mass is 317 g/mol. The zero-order valence-electron chi connectivity index (χ0n) is 13.6. The van der Waals surface area contributed by atoms with Gasteiger partial charge in [-0.25, -0.2) is 0 Å². The van der Waals surface area contributed by atoms with Crippen molar-refractivity contribution >= 4 is 11.8 Å². The summed E-state index contributed by atoms with van der Waals surface area (Å²) >= 11 is 0. The summed E-state index contributed by atoms with van der Waals surface area (Å²) in [6.07, 6.45) is 0. The van der Waals surface area contributed by atoms with Gasteiger partial charge in [0.15, 0.2) is 0 Å². The normalized spacial score (nSPS) is 25.7. The summed E-state index contributed by atoms with van der Waals surface area (Å²) in [5.74, 6) is -0.230. The lowest BCUT2D eigenvalue weighted by molar-refractivity contribution is -0.165. The Hall–Kier alpha value is -1.92. The molecule has 2 amide bonds. The number of carbonyl (C=O) groups excluding carboxylic acids is 2. The molecule has 0 aromatic heterocycles. The molecule has 0 saturated carbocycles. The first-order chi connectivity index (χ1) is 11.0. The number of nitrogens with zero attached hydrogens (tertiary/aromatic N) is 3. The minimum absolute atomic E-state index is 0.0859. The summed E-state index contributed by atoms with van der Waals surface area (Å²) in [6, 6.07) is 7.20. The SMILES string of the molecule is Cc1ccc(CN2CCN3C(=O)[C@H](CO)N(C)C(=O)[C@H]3C2)cc1. The van der Waals surface area contributed by atoms with Crippen molar-refractivity contribution in [3.63, 3.8) is 0 Å². The van der Waals surface area contributed by atoms with Crippen LogP contribution >= 0.6 is 0 Å². The number of hydrogen-bond donors (Lipinski definition) is 1. The first-order valence-electron chi connectivity index (χ1n) is 7.97. The van der Waals surface area contributed by atoms with Gasteiger partial charge in [-0.1, -0.05) is 29.8 Å². The number of rotatable bonds is 3. The third-order valence-electron chi connectivity index (χ3n) is 4.83. The summed E-state index contributed by atoms with van der Waals surface area (Å²) in [4.78, 5) is 30.1. The van der Waals surface area contributed by atoms with Gasteiger partial charge in [-0.15, -0.1) is 0 Å². The largest absolute Gasteiger partial charge is 0.394 e. The summed E-state index contributed by atoms with van der Waals surface area (Å²) in [7, 11) is 1.59. The lowest BCUT2D eigenvalue weighted by atomic mass is 10.0. The predicted octanol–water partition coefficient (Wildman–Crippen LogP) is -0.159. The second-order valence-electron chi connectivity index (χ2n) is 6.42. The second kappa shape index (κ2) is 6.29.